The van der Waals surface area contributed by atoms with Gasteiger partial charge in [0.2, 0.25) is 5.75 Å². The Kier molecular flexibility index (Phi) is 3.84. The lowest BCUT2D eigenvalue weighted by Gasteiger charge is -2.12. The quantitative estimate of drug-likeness (QED) is 0.819. The molecule has 1 aromatic heterocycles. The smallest absolute Gasteiger partial charge is 0.328 e. The van der Waals surface area contributed by atoms with Gasteiger partial charge in [0, 0.05) is 17.2 Å². The minimum atomic E-state index is -1.01. The first-order chi connectivity index (χ1) is 9.60. The Morgan fingerprint density at radius 3 is 2.40 bits per heavy atom. The van der Waals surface area contributed by atoms with Gasteiger partial charge in [-0.25, -0.2) is 4.79 Å². The maximum absolute atomic E-state index is 10.5. The average molecular weight is 277 g/mol. The molecule has 2 rings (SSSR count). The molecule has 0 bridgehead atoms. The lowest BCUT2D eigenvalue weighted by molar-refractivity contribution is -0.131. The number of methoxy groups -OCH3 is 3. The largest absolute Gasteiger partial charge is 0.493 e. The highest BCUT2D eigenvalue weighted by atomic mass is 16.5. The average Bonchev–Trinajstić information content (AvgIpc) is 2.85. The third-order valence-electron chi connectivity index (χ3n) is 2.85. The van der Waals surface area contributed by atoms with E-state index >= 15 is 0 Å². The summed E-state index contributed by atoms with van der Waals surface area (Å²) in [5.41, 5.74) is 1.37. The van der Waals surface area contributed by atoms with Gasteiger partial charge >= 0.3 is 5.97 Å². The molecule has 1 aromatic carbocycles. The van der Waals surface area contributed by atoms with Crippen LogP contribution in [0.2, 0.25) is 0 Å². The summed E-state index contributed by atoms with van der Waals surface area (Å²) >= 11 is 0. The molecule has 0 atom stereocenters. The summed E-state index contributed by atoms with van der Waals surface area (Å²) in [6.07, 6.45) is 2.53. The highest BCUT2D eigenvalue weighted by molar-refractivity contribution is 5.93. The van der Waals surface area contributed by atoms with Gasteiger partial charge in [0.05, 0.1) is 26.8 Å². The minimum absolute atomic E-state index is 0.484. The second-order valence-electron chi connectivity index (χ2n) is 4.01. The van der Waals surface area contributed by atoms with E-state index in [0.29, 0.717) is 22.9 Å². The van der Waals surface area contributed by atoms with Gasteiger partial charge in [-0.1, -0.05) is 0 Å². The number of carboxylic acids is 1. The third-order valence-corrected chi connectivity index (χ3v) is 2.85. The molecular weight excluding hydrogens is 262 g/mol. The Balaban J connectivity index is 2.64. The molecule has 0 saturated heterocycles. The van der Waals surface area contributed by atoms with Gasteiger partial charge in [-0.2, -0.15) is 0 Å². The van der Waals surface area contributed by atoms with E-state index in [1.165, 1.54) is 20.3 Å². The molecule has 0 aliphatic rings. The molecule has 6 nitrogen and oxygen atoms in total. The lowest BCUT2D eigenvalue weighted by atomic mass is 10.2. The fraction of sp³-hybridized carbons (Fsp3) is 0.214. The van der Waals surface area contributed by atoms with Crippen LogP contribution < -0.4 is 14.2 Å². The first kappa shape index (κ1) is 13.8. The van der Waals surface area contributed by atoms with Gasteiger partial charge in [0.25, 0.3) is 0 Å². The highest BCUT2D eigenvalue weighted by Gasteiger charge is 2.17. The molecule has 2 N–H and O–H groups in total. The number of aromatic amines is 1. The van der Waals surface area contributed by atoms with E-state index in [1.54, 1.807) is 19.2 Å². The number of carbonyl (C=O) groups is 1. The molecule has 0 aliphatic heterocycles. The van der Waals surface area contributed by atoms with Crippen molar-refractivity contribution in [1.82, 2.24) is 4.98 Å². The summed E-state index contributed by atoms with van der Waals surface area (Å²) in [5.74, 6) is 0.533. The number of aliphatic carboxylic acids is 1. The first-order valence-electron chi connectivity index (χ1n) is 5.83. The van der Waals surface area contributed by atoms with Crippen LogP contribution >= 0.6 is 0 Å². The van der Waals surface area contributed by atoms with E-state index < -0.39 is 5.97 Å². The zero-order valence-electron chi connectivity index (χ0n) is 11.4. The molecular formula is C14H15NO5. The second-order valence-corrected chi connectivity index (χ2v) is 4.01. The van der Waals surface area contributed by atoms with E-state index in [2.05, 4.69) is 4.98 Å². The molecule has 0 unspecified atom stereocenters. The van der Waals surface area contributed by atoms with Crippen LogP contribution in [0.15, 0.2) is 18.2 Å². The summed E-state index contributed by atoms with van der Waals surface area (Å²) in [7, 11) is 4.60. The van der Waals surface area contributed by atoms with Crippen molar-refractivity contribution in [1.29, 1.82) is 0 Å². The van der Waals surface area contributed by atoms with E-state index in [9.17, 15) is 4.79 Å². The fourth-order valence-corrected chi connectivity index (χ4v) is 2.02. The number of aromatic nitrogens is 1. The van der Waals surface area contributed by atoms with Crippen molar-refractivity contribution >= 4 is 22.9 Å². The van der Waals surface area contributed by atoms with Crippen molar-refractivity contribution < 1.29 is 24.1 Å². The van der Waals surface area contributed by atoms with Gasteiger partial charge in [0.15, 0.2) is 11.5 Å². The Morgan fingerprint density at radius 2 is 1.85 bits per heavy atom. The third kappa shape index (κ3) is 2.40. The first-order valence-corrected chi connectivity index (χ1v) is 5.83. The van der Waals surface area contributed by atoms with Crippen molar-refractivity contribution in [2.45, 2.75) is 0 Å². The standard InChI is InChI=1S/C14H15NO5/c1-18-10-7-8-6-9(4-5-11(16)17)15-12(8)14(20-3)13(10)19-2/h4-7,15H,1-3H3,(H,16,17). The number of hydrogen-bond donors (Lipinski definition) is 2. The number of rotatable bonds is 5. The van der Waals surface area contributed by atoms with E-state index in [4.69, 9.17) is 19.3 Å². The molecule has 0 radical (unpaired) electrons. The highest BCUT2D eigenvalue weighted by Crippen LogP contribution is 2.43. The van der Waals surface area contributed by atoms with Crippen molar-refractivity contribution in [2.24, 2.45) is 0 Å². The molecule has 0 fully saturated rings. The van der Waals surface area contributed by atoms with Crippen molar-refractivity contribution in [3.63, 3.8) is 0 Å². The number of benzene rings is 1. The normalized spacial score (nSPS) is 10.9. The SMILES string of the molecule is COc1cc2cc(C=CC(=O)O)[nH]c2c(OC)c1OC. The molecule has 0 spiro atoms. The minimum Gasteiger partial charge on any atom is -0.493 e. The van der Waals surface area contributed by atoms with E-state index in [-0.39, 0.29) is 0 Å². The molecule has 2 aromatic rings. The van der Waals surface area contributed by atoms with E-state index in [0.717, 1.165) is 17.0 Å². The van der Waals surface area contributed by atoms with E-state index in [1.807, 2.05) is 0 Å². The van der Waals surface area contributed by atoms with Crippen LogP contribution in [0.3, 0.4) is 0 Å². The van der Waals surface area contributed by atoms with Crippen molar-refractivity contribution in [3.8, 4) is 17.2 Å². The van der Waals surface area contributed by atoms with Gasteiger partial charge < -0.3 is 24.3 Å². The summed E-state index contributed by atoms with van der Waals surface area (Å²) in [5, 5.41) is 9.49. The molecule has 6 heteroatoms. The second kappa shape index (κ2) is 5.56. The van der Waals surface area contributed by atoms with Crippen LogP contribution in [0.25, 0.3) is 17.0 Å². The number of carboxylic acid groups (broad SMARTS) is 1. The fourth-order valence-electron chi connectivity index (χ4n) is 2.02. The topological polar surface area (TPSA) is 80.8 Å². The Hall–Kier alpha value is -2.63. The predicted molar refractivity (Wildman–Crippen MR) is 74.6 cm³/mol. The number of nitrogens with one attached hydrogen (secondary N) is 1. The maximum atomic E-state index is 10.5. The van der Waals surface area contributed by atoms with Crippen LogP contribution in [0.1, 0.15) is 5.69 Å². The Labute approximate surface area is 115 Å². The summed E-state index contributed by atoms with van der Waals surface area (Å²) in [6.45, 7) is 0. The number of fused-ring (bicyclic) bond motifs is 1. The van der Waals surface area contributed by atoms with Gasteiger partial charge in [-0.15, -0.1) is 0 Å². The van der Waals surface area contributed by atoms with Crippen LogP contribution in [0.4, 0.5) is 0 Å². The zero-order valence-corrected chi connectivity index (χ0v) is 11.4. The zero-order chi connectivity index (χ0) is 14.7. The number of hydrogen-bond acceptors (Lipinski definition) is 4. The number of H-pyrrole nitrogens is 1. The van der Waals surface area contributed by atoms with Crippen LogP contribution in [-0.4, -0.2) is 37.4 Å². The van der Waals surface area contributed by atoms with Crippen LogP contribution in [-0.2, 0) is 4.79 Å². The summed E-state index contributed by atoms with van der Waals surface area (Å²) < 4.78 is 15.9. The molecule has 106 valence electrons. The molecule has 0 aliphatic carbocycles. The Bertz CT molecular complexity index is 672. The maximum Gasteiger partial charge on any atom is 0.328 e. The predicted octanol–water partition coefficient (Wildman–Crippen LogP) is 2.29. The monoisotopic (exact) mass is 277 g/mol. The van der Waals surface area contributed by atoms with Crippen molar-refractivity contribution in [2.75, 3.05) is 21.3 Å². The van der Waals surface area contributed by atoms with Crippen LogP contribution in [0.5, 0.6) is 17.2 Å². The van der Waals surface area contributed by atoms with Crippen LogP contribution in [0, 0.1) is 0 Å². The van der Waals surface area contributed by atoms with Gasteiger partial charge in [0.1, 0.15) is 0 Å². The summed E-state index contributed by atoms with van der Waals surface area (Å²) in [4.78, 5) is 13.6. The van der Waals surface area contributed by atoms with Crippen molar-refractivity contribution in [3.05, 3.63) is 23.9 Å². The molecule has 0 amide bonds. The summed E-state index contributed by atoms with van der Waals surface area (Å²) in [6, 6.07) is 3.60. The molecule has 0 saturated carbocycles. The number of ether oxygens (including phenoxy) is 3. The van der Waals surface area contributed by atoms with Gasteiger partial charge in [-0.05, 0) is 18.2 Å². The van der Waals surface area contributed by atoms with Gasteiger partial charge in [-0.3, -0.25) is 0 Å². The molecule has 20 heavy (non-hydrogen) atoms. The Morgan fingerprint density at radius 1 is 1.15 bits per heavy atom. The molecule has 1 heterocycles. The lowest BCUT2D eigenvalue weighted by Crippen LogP contribution is -1.95.